The van der Waals surface area contributed by atoms with Crippen LogP contribution in [0.2, 0.25) is 0 Å². The van der Waals surface area contributed by atoms with E-state index in [1.165, 1.54) is 44.3 Å². The van der Waals surface area contributed by atoms with Crippen molar-refractivity contribution in [2.45, 2.75) is 38.1 Å². The summed E-state index contributed by atoms with van der Waals surface area (Å²) >= 11 is 0. The second kappa shape index (κ2) is 9.07. The van der Waals surface area contributed by atoms with E-state index in [0.29, 0.717) is 18.5 Å². The SMILES string of the molecule is O=C(CNC1CCC(CN2CCN(c3ccccc3)CC2)C1)N1CCCC1. The summed E-state index contributed by atoms with van der Waals surface area (Å²) in [5.41, 5.74) is 1.35. The fourth-order valence-electron chi connectivity index (χ4n) is 4.93. The molecule has 3 fully saturated rings. The maximum absolute atomic E-state index is 12.2. The lowest BCUT2D eigenvalue weighted by molar-refractivity contribution is -0.129. The van der Waals surface area contributed by atoms with E-state index in [1.807, 2.05) is 4.90 Å². The van der Waals surface area contributed by atoms with Crippen LogP contribution in [-0.4, -0.2) is 74.1 Å². The van der Waals surface area contributed by atoms with Gasteiger partial charge in [-0.25, -0.2) is 0 Å². The fourth-order valence-corrected chi connectivity index (χ4v) is 4.93. The third-order valence-corrected chi connectivity index (χ3v) is 6.55. The molecule has 4 rings (SSSR count). The van der Waals surface area contributed by atoms with Crippen LogP contribution in [0.5, 0.6) is 0 Å². The summed E-state index contributed by atoms with van der Waals surface area (Å²) in [6.07, 6.45) is 6.10. The second-order valence-electron chi connectivity index (χ2n) is 8.47. The molecule has 1 aromatic carbocycles. The normalized spacial score (nSPS) is 26.7. The summed E-state index contributed by atoms with van der Waals surface area (Å²) in [7, 11) is 0. The van der Waals surface area contributed by atoms with E-state index < -0.39 is 0 Å². The van der Waals surface area contributed by atoms with Gasteiger partial charge in [0.2, 0.25) is 5.91 Å². The van der Waals surface area contributed by atoms with Crippen LogP contribution >= 0.6 is 0 Å². The second-order valence-corrected chi connectivity index (χ2v) is 8.47. The van der Waals surface area contributed by atoms with Gasteiger partial charge in [0.15, 0.2) is 0 Å². The van der Waals surface area contributed by atoms with Gasteiger partial charge in [0.05, 0.1) is 6.54 Å². The van der Waals surface area contributed by atoms with Crippen molar-refractivity contribution in [2.75, 3.05) is 57.3 Å². The molecule has 0 radical (unpaired) electrons. The van der Waals surface area contributed by atoms with Gasteiger partial charge in [-0.15, -0.1) is 0 Å². The quantitative estimate of drug-likeness (QED) is 0.833. The highest BCUT2D eigenvalue weighted by Gasteiger charge is 2.28. The van der Waals surface area contributed by atoms with Gasteiger partial charge in [0.1, 0.15) is 0 Å². The number of nitrogens with zero attached hydrogens (tertiary/aromatic N) is 3. The highest BCUT2D eigenvalue weighted by Crippen LogP contribution is 2.27. The van der Waals surface area contributed by atoms with Crippen molar-refractivity contribution in [3.8, 4) is 0 Å². The van der Waals surface area contributed by atoms with Crippen LogP contribution in [0.25, 0.3) is 0 Å². The number of hydrogen-bond donors (Lipinski definition) is 1. The Balaban J connectivity index is 1.15. The van der Waals surface area contributed by atoms with Crippen molar-refractivity contribution in [3.63, 3.8) is 0 Å². The molecule has 2 unspecified atom stereocenters. The molecule has 1 aliphatic carbocycles. The summed E-state index contributed by atoms with van der Waals surface area (Å²) in [5, 5.41) is 3.54. The summed E-state index contributed by atoms with van der Waals surface area (Å²) in [5.74, 6) is 1.08. The summed E-state index contributed by atoms with van der Waals surface area (Å²) in [4.78, 5) is 19.4. The molecule has 1 aromatic rings. The number of likely N-dealkylation sites (tertiary alicyclic amines) is 1. The predicted octanol–water partition coefficient (Wildman–Crippen LogP) is 2.19. The fraction of sp³-hybridized carbons (Fsp3) is 0.682. The van der Waals surface area contributed by atoms with Crippen LogP contribution in [0.3, 0.4) is 0 Å². The zero-order valence-corrected chi connectivity index (χ0v) is 16.5. The Kier molecular flexibility index (Phi) is 6.30. The Labute approximate surface area is 163 Å². The molecule has 0 bridgehead atoms. The topological polar surface area (TPSA) is 38.8 Å². The van der Waals surface area contributed by atoms with Crippen LogP contribution in [0.4, 0.5) is 5.69 Å². The van der Waals surface area contributed by atoms with E-state index in [4.69, 9.17) is 0 Å². The van der Waals surface area contributed by atoms with Gasteiger partial charge in [0, 0.05) is 57.5 Å². The van der Waals surface area contributed by atoms with Gasteiger partial charge in [-0.2, -0.15) is 0 Å². The van der Waals surface area contributed by atoms with Crippen molar-refractivity contribution < 1.29 is 4.79 Å². The van der Waals surface area contributed by atoms with E-state index in [0.717, 1.165) is 45.2 Å². The lowest BCUT2D eigenvalue weighted by Crippen LogP contribution is -2.47. The molecular formula is C22H34N4O. The van der Waals surface area contributed by atoms with Crippen molar-refractivity contribution in [1.82, 2.24) is 15.1 Å². The van der Waals surface area contributed by atoms with Crippen LogP contribution in [0.15, 0.2) is 30.3 Å². The molecule has 2 heterocycles. The number of piperazine rings is 1. The molecule has 3 aliphatic rings. The van der Waals surface area contributed by atoms with Gasteiger partial charge < -0.3 is 15.1 Å². The van der Waals surface area contributed by atoms with E-state index >= 15 is 0 Å². The zero-order chi connectivity index (χ0) is 18.5. The monoisotopic (exact) mass is 370 g/mol. The highest BCUT2D eigenvalue weighted by atomic mass is 16.2. The maximum atomic E-state index is 12.2. The van der Waals surface area contributed by atoms with Crippen LogP contribution in [0.1, 0.15) is 32.1 Å². The Bertz CT molecular complexity index is 594. The first-order chi connectivity index (χ1) is 13.3. The third-order valence-electron chi connectivity index (χ3n) is 6.55. The predicted molar refractivity (Wildman–Crippen MR) is 110 cm³/mol. The summed E-state index contributed by atoms with van der Waals surface area (Å²) in [6.45, 7) is 8.26. The van der Waals surface area contributed by atoms with Crippen LogP contribution in [-0.2, 0) is 4.79 Å². The van der Waals surface area contributed by atoms with Crippen molar-refractivity contribution in [2.24, 2.45) is 5.92 Å². The number of carbonyl (C=O) groups is 1. The first-order valence-corrected chi connectivity index (χ1v) is 10.8. The van der Waals surface area contributed by atoms with Gasteiger partial charge >= 0.3 is 0 Å². The summed E-state index contributed by atoms with van der Waals surface area (Å²) in [6, 6.07) is 11.3. The third kappa shape index (κ3) is 5.02. The molecule has 27 heavy (non-hydrogen) atoms. The molecule has 2 saturated heterocycles. The Morgan fingerprint density at radius 2 is 1.70 bits per heavy atom. The average Bonchev–Trinajstić information content (AvgIpc) is 3.40. The van der Waals surface area contributed by atoms with Crippen molar-refractivity contribution in [1.29, 1.82) is 0 Å². The number of nitrogens with one attached hydrogen (secondary N) is 1. The Hall–Kier alpha value is -1.59. The molecular weight excluding hydrogens is 336 g/mol. The number of carbonyl (C=O) groups excluding carboxylic acids is 1. The largest absolute Gasteiger partial charge is 0.369 e. The number of anilines is 1. The lowest BCUT2D eigenvalue weighted by atomic mass is 10.1. The van der Waals surface area contributed by atoms with E-state index in [1.54, 1.807) is 0 Å². The molecule has 1 saturated carbocycles. The van der Waals surface area contributed by atoms with Gasteiger partial charge in [-0.3, -0.25) is 9.69 Å². The smallest absolute Gasteiger partial charge is 0.236 e. The van der Waals surface area contributed by atoms with Crippen molar-refractivity contribution in [3.05, 3.63) is 30.3 Å². The van der Waals surface area contributed by atoms with E-state index in [-0.39, 0.29) is 0 Å². The lowest BCUT2D eigenvalue weighted by Gasteiger charge is -2.37. The molecule has 2 aliphatic heterocycles. The molecule has 2 atom stereocenters. The Morgan fingerprint density at radius 1 is 0.963 bits per heavy atom. The zero-order valence-electron chi connectivity index (χ0n) is 16.5. The van der Waals surface area contributed by atoms with Crippen LogP contribution < -0.4 is 10.2 Å². The van der Waals surface area contributed by atoms with Crippen LogP contribution in [0, 0.1) is 5.92 Å². The number of para-hydroxylation sites is 1. The molecule has 148 valence electrons. The minimum Gasteiger partial charge on any atom is -0.369 e. The maximum Gasteiger partial charge on any atom is 0.236 e. The first-order valence-electron chi connectivity index (χ1n) is 10.8. The first kappa shape index (κ1) is 18.8. The van der Waals surface area contributed by atoms with Gasteiger partial charge in [-0.05, 0) is 50.2 Å². The molecule has 1 amide bonds. The molecule has 0 spiro atoms. The summed E-state index contributed by atoms with van der Waals surface area (Å²) < 4.78 is 0. The number of rotatable bonds is 6. The van der Waals surface area contributed by atoms with E-state index in [9.17, 15) is 4.79 Å². The number of hydrogen-bond acceptors (Lipinski definition) is 4. The average molecular weight is 371 g/mol. The van der Waals surface area contributed by atoms with Crippen molar-refractivity contribution >= 4 is 11.6 Å². The van der Waals surface area contributed by atoms with Gasteiger partial charge in [-0.1, -0.05) is 18.2 Å². The number of benzene rings is 1. The molecule has 5 nitrogen and oxygen atoms in total. The Morgan fingerprint density at radius 3 is 2.44 bits per heavy atom. The molecule has 0 aromatic heterocycles. The molecule has 5 heteroatoms. The van der Waals surface area contributed by atoms with Gasteiger partial charge in [0.25, 0.3) is 0 Å². The minimum atomic E-state index is 0.299. The standard InChI is InChI=1S/C22H34N4O/c27-22(26-10-4-5-11-26)17-23-20-9-8-19(16-20)18-24-12-14-25(15-13-24)21-6-2-1-3-7-21/h1-3,6-7,19-20,23H,4-5,8-18H2. The van der Waals surface area contributed by atoms with E-state index in [2.05, 4.69) is 45.4 Å². The minimum absolute atomic E-state index is 0.299. The molecule has 1 N–H and O–H groups in total. The number of amides is 1. The highest BCUT2D eigenvalue weighted by molar-refractivity contribution is 5.78.